The molecule has 1 N–H and O–H groups in total. The van der Waals surface area contributed by atoms with Crippen LogP contribution in [0.1, 0.15) is 43.7 Å². The maximum atomic E-state index is 13.0. The number of hydrogen-bond acceptors (Lipinski definition) is 5. The van der Waals surface area contributed by atoms with Crippen LogP contribution in [0.4, 0.5) is 5.69 Å². The summed E-state index contributed by atoms with van der Waals surface area (Å²) in [5, 5.41) is 7.15. The molecule has 1 aliphatic heterocycles. The van der Waals surface area contributed by atoms with Crippen molar-refractivity contribution in [3.8, 4) is 0 Å². The van der Waals surface area contributed by atoms with Crippen molar-refractivity contribution in [2.45, 2.75) is 44.0 Å². The van der Waals surface area contributed by atoms with Crippen molar-refractivity contribution in [3.05, 3.63) is 72.3 Å². The van der Waals surface area contributed by atoms with Crippen molar-refractivity contribution >= 4 is 21.6 Å². The zero-order valence-corrected chi connectivity index (χ0v) is 19.7. The lowest BCUT2D eigenvalue weighted by molar-refractivity contribution is -0.120. The van der Waals surface area contributed by atoms with Gasteiger partial charge in [0.05, 0.1) is 11.4 Å². The summed E-state index contributed by atoms with van der Waals surface area (Å²) >= 11 is 0. The smallest absolute Gasteiger partial charge is 0.243 e. The second-order valence-electron chi connectivity index (χ2n) is 8.64. The van der Waals surface area contributed by atoms with E-state index in [9.17, 15) is 13.2 Å². The molecule has 1 fully saturated rings. The Balaban J connectivity index is 1.38. The first kappa shape index (κ1) is 23.1. The second kappa shape index (κ2) is 9.84. The molecule has 33 heavy (non-hydrogen) atoms. The summed E-state index contributed by atoms with van der Waals surface area (Å²) in [5.41, 5.74) is 2.77. The zero-order chi connectivity index (χ0) is 23.4. The first-order chi connectivity index (χ1) is 15.8. The molecule has 0 aliphatic carbocycles. The van der Waals surface area contributed by atoms with Crippen LogP contribution in [0, 0.1) is 5.92 Å². The molecule has 0 bridgehead atoms. The van der Waals surface area contributed by atoms with Gasteiger partial charge in [0, 0.05) is 24.7 Å². The van der Waals surface area contributed by atoms with Gasteiger partial charge in [-0.25, -0.2) is 18.1 Å². The van der Waals surface area contributed by atoms with Crippen LogP contribution in [-0.2, 0) is 21.4 Å². The SMILES string of the molecule is CC(C)c1ccc(S(=O)(=O)N2CCC(C(=O)Nc3ccccc3Cn3cncn3)CC2)cc1. The number of para-hydroxylation sites is 1. The summed E-state index contributed by atoms with van der Waals surface area (Å²) in [5.74, 6) is 0.0240. The summed E-state index contributed by atoms with van der Waals surface area (Å²) < 4.78 is 29.3. The second-order valence-corrected chi connectivity index (χ2v) is 10.6. The van der Waals surface area contributed by atoms with Gasteiger partial charge in [-0.3, -0.25) is 4.79 Å². The summed E-state index contributed by atoms with van der Waals surface area (Å²) in [6.07, 6.45) is 4.08. The Morgan fingerprint density at radius 3 is 2.42 bits per heavy atom. The molecular formula is C24H29N5O3S. The first-order valence-electron chi connectivity index (χ1n) is 11.2. The monoisotopic (exact) mass is 467 g/mol. The number of hydrogen-bond donors (Lipinski definition) is 1. The average molecular weight is 468 g/mol. The highest BCUT2D eigenvalue weighted by Crippen LogP contribution is 2.26. The maximum Gasteiger partial charge on any atom is 0.243 e. The fourth-order valence-electron chi connectivity index (χ4n) is 4.04. The van der Waals surface area contributed by atoms with Crippen molar-refractivity contribution in [2.75, 3.05) is 18.4 Å². The Morgan fingerprint density at radius 1 is 1.09 bits per heavy atom. The molecule has 0 unspecified atom stereocenters. The topological polar surface area (TPSA) is 97.2 Å². The van der Waals surface area contributed by atoms with E-state index in [0.717, 1.165) is 16.8 Å². The van der Waals surface area contributed by atoms with Crippen LogP contribution >= 0.6 is 0 Å². The number of aromatic nitrogens is 3. The maximum absolute atomic E-state index is 13.0. The summed E-state index contributed by atoms with van der Waals surface area (Å²) in [4.78, 5) is 17.2. The Labute approximate surface area is 194 Å². The molecule has 8 nitrogen and oxygen atoms in total. The van der Waals surface area contributed by atoms with Crippen molar-refractivity contribution in [2.24, 2.45) is 5.92 Å². The lowest BCUT2D eigenvalue weighted by atomic mass is 9.97. The Morgan fingerprint density at radius 2 is 1.79 bits per heavy atom. The van der Waals surface area contributed by atoms with E-state index in [1.165, 1.54) is 10.6 Å². The van der Waals surface area contributed by atoms with Gasteiger partial charge in [0.15, 0.2) is 0 Å². The van der Waals surface area contributed by atoms with Gasteiger partial charge in [-0.2, -0.15) is 9.40 Å². The minimum absolute atomic E-state index is 0.0839. The third-order valence-electron chi connectivity index (χ3n) is 6.08. The number of amides is 1. The van der Waals surface area contributed by atoms with Crippen LogP contribution < -0.4 is 5.32 Å². The van der Waals surface area contributed by atoms with Crippen LogP contribution in [0.2, 0.25) is 0 Å². The molecule has 1 amide bonds. The Kier molecular flexibility index (Phi) is 6.90. The molecule has 0 spiro atoms. The van der Waals surface area contributed by atoms with E-state index in [2.05, 4.69) is 29.2 Å². The fraction of sp³-hybridized carbons (Fsp3) is 0.375. The molecule has 0 radical (unpaired) electrons. The number of carbonyl (C=O) groups excluding carboxylic acids is 1. The lowest BCUT2D eigenvalue weighted by Crippen LogP contribution is -2.41. The van der Waals surface area contributed by atoms with E-state index in [-0.39, 0.29) is 11.8 Å². The van der Waals surface area contributed by atoms with E-state index in [1.807, 2.05) is 36.4 Å². The molecule has 1 aliphatic rings. The number of carbonyl (C=O) groups is 1. The summed E-state index contributed by atoms with van der Waals surface area (Å²) in [6, 6.07) is 14.7. The molecule has 2 heterocycles. The number of nitrogens with one attached hydrogen (secondary N) is 1. The number of rotatable bonds is 7. The number of benzene rings is 2. The minimum Gasteiger partial charge on any atom is -0.326 e. The largest absolute Gasteiger partial charge is 0.326 e. The highest BCUT2D eigenvalue weighted by atomic mass is 32.2. The Hall–Kier alpha value is -3.04. The van der Waals surface area contributed by atoms with Gasteiger partial charge in [-0.05, 0) is 48.1 Å². The number of anilines is 1. The van der Waals surface area contributed by atoms with Gasteiger partial charge in [-0.1, -0.05) is 44.2 Å². The number of piperidine rings is 1. The van der Waals surface area contributed by atoms with E-state index in [0.29, 0.717) is 43.3 Å². The quantitative estimate of drug-likeness (QED) is 0.574. The third kappa shape index (κ3) is 5.31. The van der Waals surface area contributed by atoms with Gasteiger partial charge in [0.1, 0.15) is 12.7 Å². The predicted molar refractivity (Wildman–Crippen MR) is 126 cm³/mol. The van der Waals surface area contributed by atoms with Crippen LogP contribution in [0.25, 0.3) is 0 Å². The van der Waals surface area contributed by atoms with Crippen molar-refractivity contribution in [3.63, 3.8) is 0 Å². The van der Waals surface area contributed by atoms with Gasteiger partial charge in [-0.15, -0.1) is 0 Å². The van der Waals surface area contributed by atoms with Gasteiger partial charge >= 0.3 is 0 Å². The molecule has 1 saturated heterocycles. The van der Waals surface area contributed by atoms with Gasteiger partial charge in [0.2, 0.25) is 15.9 Å². The molecule has 174 valence electrons. The molecule has 1 aromatic heterocycles. The molecule has 0 atom stereocenters. The van der Waals surface area contributed by atoms with Gasteiger partial charge in [0.25, 0.3) is 0 Å². The highest BCUT2D eigenvalue weighted by molar-refractivity contribution is 7.89. The molecule has 4 rings (SSSR count). The van der Waals surface area contributed by atoms with E-state index >= 15 is 0 Å². The predicted octanol–water partition coefficient (Wildman–Crippen LogP) is 3.49. The normalized spacial score (nSPS) is 15.6. The summed E-state index contributed by atoms with van der Waals surface area (Å²) in [7, 11) is -3.56. The molecule has 9 heteroatoms. The van der Waals surface area contributed by atoms with E-state index < -0.39 is 10.0 Å². The Bertz CT molecular complexity index is 1180. The fourth-order valence-corrected chi connectivity index (χ4v) is 5.51. The van der Waals surface area contributed by atoms with Crippen molar-refractivity contribution in [1.29, 1.82) is 0 Å². The van der Waals surface area contributed by atoms with Crippen LogP contribution in [-0.4, -0.2) is 46.5 Å². The van der Waals surface area contributed by atoms with Crippen LogP contribution in [0.15, 0.2) is 66.1 Å². The molecule has 0 saturated carbocycles. The standard InChI is InChI=1S/C24H29N5O3S/c1-18(2)19-7-9-22(10-8-19)33(31,32)29-13-11-20(12-14-29)24(30)27-23-6-4-3-5-21(23)15-28-17-25-16-26-28/h3-10,16-18,20H,11-15H2,1-2H3,(H,27,30). The van der Waals surface area contributed by atoms with Crippen LogP contribution in [0.3, 0.4) is 0 Å². The molecule has 2 aromatic carbocycles. The summed E-state index contributed by atoms with van der Waals surface area (Å²) in [6.45, 7) is 5.31. The minimum atomic E-state index is -3.56. The molecular weight excluding hydrogens is 438 g/mol. The van der Waals surface area contributed by atoms with Crippen molar-refractivity contribution in [1.82, 2.24) is 19.1 Å². The highest BCUT2D eigenvalue weighted by Gasteiger charge is 2.32. The first-order valence-corrected chi connectivity index (χ1v) is 12.6. The van der Waals surface area contributed by atoms with Crippen LogP contribution in [0.5, 0.6) is 0 Å². The molecule has 3 aromatic rings. The zero-order valence-electron chi connectivity index (χ0n) is 18.9. The van der Waals surface area contributed by atoms with E-state index in [4.69, 9.17) is 0 Å². The number of nitrogens with zero attached hydrogens (tertiary/aromatic N) is 4. The van der Waals surface area contributed by atoms with Crippen molar-refractivity contribution < 1.29 is 13.2 Å². The van der Waals surface area contributed by atoms with Gasteiger partial charge < -0.3 is 5.32 Å². The third-order valence-corrected chi connectivity index (χ3v) is 8.00. The number of sulfonamides is 1. The van der Waals surface area contributed by atoms with E-state index in [1.54, 1.807) is 23.1 Å². The average Bonchev–Trinajstić information content (AvgIpc) is 3.33. The lowest BCUT2D eigenvalue weighted by Gasteiger charge is -2.30.